The van der Waals surface area contributed by atoms with E-state index in [9.17, 15) is 4.79 Å². The molecule has 0 bridgehead atoms. The number of nitrogens with one attached hydrogen (secondary N) is 1. The number of hydrogen-bond donors (Lipinski definition) is 1. The molecule has 0 aliphatic heterocycles. The summed E-state index contributed by atoms with van der Waals surface area (Å²) in [4.78, 5) is 11.7. The molecule has 1 N–H and O–H groups in total. The lowest BCUT2D eigenvalue weighted by Gasteiger charge is -2.25. The Labute approximate surface area is 96.3 Å². The van der Waals surface area contributed by atoms with E-state index in [1.54, 1.807) is 0 Å². The van der Waals surface area contributed by atoms with Crippen molar-refractivity contribution in [2.75, 3.05) is 14.2 Å². The summed E-state index contributed by atoms with van der Waals surface area (Å²) in [6, 6.07) is 0. The largest absolute Gasteiger partial charge is 0.468 e. The first-order chi connectivity index (χ1) is 7.04. The fourth-order valence-corrected chi connectivity index (χ4v) is 3.62. The molecule has 15 heavy (non-hydrogen) atoms. The summed E-state index contributed by atoms with van der Waals surface area (Å²) in [7, 11) is 3.31. The van der Waals surface area contributed by atoms with Gasteiger partial charge in [-0.1, -0.05) is 13.8 Å². The van der Waals surface area contributed by atoms with Gasteiger partial charge in [-0.25, -0.2) is 0 Å². The van der Waals surface area contributed by atoms with E-state index in [0.29, 0.717) is 10.5 Å². The van der Waals surface area contributed by atoms with Crippen LogP contribution in [0.4, 0.5) is 0 Å². The molecule has 4 heteroatoms. The van der Waals surface area contributed by atoms with Gasteiger partial charge in [0.2, 0.25) is 0 Å². The van der Waals surface area contributed by atoms with Crippen molar-refractivity contribution in [2.45, 2.75) is 49.1 Å². The van der Waals surface area contributed by atoms with E-state index >= 15 is 0 Å². The molecular formula is C11H21NO2S. The highest BCUT2D eigenvalue weighted by molar-refractivity contribution is 8.00. The number of hydrogen-bond acceptors (Lipinski definition) is 4. The number of thioether (sulfide) groups is 1. The van der Waals surface area contributed by atoms with Crippen molar-refractivity contribution in [3.05, 3.63) is 0 Å². The first-order valence-corrected chi connectivity index (χ1v) is 6.41. The van der Waals surface area contributed by atoms with Gasteiger partial charge in [0.1, 0.15) is 5.54 Å². The van der Waals surface area contributed by atoms with Crippen LogP contribution in [0.3, 0.4) is 0 Å². The topological polar surface area (TPSA) is 38.3 Å². The van der Waals surface area contributed by atoms with Crippen LogP contribution in [0.25, 0.3) is 0 Å². The van der Waals surface area contributed by atoms with E-state index in [1.165, 1.54) is 7.11 Å². The monoisotopic (exact) mass is 231 g/mol. The minimum Gasteiger partial charge on any atom is -0.468 e. The molecule has 0 aromatic heterocycles. The van der Waals surface area contributed by atoms with E-state index in [-0.39, 0.29) is 5.97 Å². The highest BCUT2D eigenvalue weighted by Gasteiger charge is 2.45. The van der Waals surface area contributed by atoms with Gasteiger partial charge >= 0.3 is 5.97 Å². The second kappa shape index (κ2) is 5.21. The average molecular weight is 231 g/mol. The van der Waals surface area contributed by atoms with Gasteiger partial charge in [0.15, 0.2) is 0 Å². The SMILES string of the molecule is CNC1(C(=O)OC)CCC(SC(C)C)C1. The second-order valence-electron chi connectivity index (χ2n) is 4.37. The predicted octanol–water partition coefficient (Wildman–Crippen LogP) is 1.81. The fraction of sp³-hybridized carbons (Fsp3) is 0.909. The summed E-state index contributed by atoms with van der Waals surface area (Å²) >= 11 is 1.96. The van der Waals surface area contributed by atoms with Gasteiger partial charge in [-0.15, -0.1) is 0 Å². The van der Waals surface area contributed by atoms with Crippen molar-refractivity contribution in [1.29, 1.82) is 0 Å². The zero-order valence-corrected chi connectivity index (χ0v) is 10.8. The Morgan fingerprint density at radius 1 is 1.60 bits per heavy atom. The number of esters is 1. The Kier molecular flexibility index (Phi) is 4.46. The molecule has 1 saturated carbocycles. The van der Waals surface area contributed by atoms with Gasteiger partial charge in [0.25, 0.3) is 0 Å². The second-order valence-corrected chi connectivity index (χ2v) is 6.25. The van der Waals surface area contributed by atoms with Crippen molar-refractivity contribution in [2.24, 2.45) is 0 Å². The summed E-state index contributed by atoms with van der Waals surface area (Å²) in [6.07, 6.45) is 2.87. The third kappa shape index (κ3) is 2.88. The molecule has 1 rings (SSSR count). The molecule has 0 radical (unpaired) electrons. The van der Waals surface area contributed by atoms with Crippen LogP contribution in [0.5, 0.6) is 0 Å². The number of likely N-dealkylation sites (N-methyl/N-ethyl adjacent to an activating group) is 1. The summed E-state index contributed by atoms with van der Waals surface area (Å²) in [5, 5.41) is 4.35. The van der Waals surface area contributed by atoms with E-state index in [0.717, 1.165) is 19.3 Å². The summed E-state index contributed by atoms with van der Waals surface area (Å²) in [5.41, 5.74) is -0.429. The van der Waals surface area contributed by atoms with Crippen molar-refractivity contribution < 1.29 is 9.53 Å². The number of carbonyl (C=O) groups excluding carboxylic acids is 1. The van der Waals surface area contributed by atoms with Gasteiger partial charge in [-0.3, -0.25) is 4.79 Å². The highest BCUT2D eigenvalue weighted by Crippen LogP contribution is 2.39. The lowest BCUT2D eigenvalue weighted by atomic mass is 9.98. The maximum absolute atomic E-state index is 11.7. The normalized spacial score (nSPS) is 30.9. The van der Waals surface area contributed by atoms with E-state index in [1.807, 2.05) is 18.8 Å². The molecule has 0 saturated heterocycles. The third-order valence-corrected chi connectivity index (χ3v) is 4.32. The van der Waals surface area contributed by atoms with Crippen LogP contribution in [0.15, 0.2) is 0 Å². The van der Waals surface area contributed by atoms with Crippen molar-refractivity contribution in [3.63, 3.8) is 0 Å². The van der Waals surface area contributed by atoms with Crippen LogP contribution in [-0.2, 0) is 9.53 Å². The van der Waals surface area contributed by atoms with Crippen molar-refractivity contribution >= 4 is 17.7 Å². The number of rotatable bonds is 4. The first-order valence-electron chi connectivity index (χ1n) is 5.47. The quantitative estimate of drug-likeness (QED) is 0.749. The lowest BCUT2D eigenvalue weighted by molar-refractivity contribution is -0.148. The number of carbonyl (C=O) groups is 1. The molecule has 0 heterocycles. The zero-order chi connectivity index (χ0) is 11.5. The van der Waals surface area contributed by atoms with Crippen LogP contribution in [0, 0.1) is 0 Å². The van der Waals surface area contributed by atoms with Crippen LogP contribution in [-0.4, -0.2) is 36.2 Å². The first kappa shape index (κ1) is 12.8. The molecule has 1 aliphatic carbocycles. The zero-order valence-electron chi connectivity index (χ0n) is 10.0. The van der Waals surface area contributed by atoms with Gasteiger partial charge in [-0.2, -0.15) is 11.8 Å². The van der Waals surface area contributed by atoms with E-state index < -0.39 is 5.54 Å². The van der Waals surface area contributed by atoms with Crippen LogP contribution in [0.2, 0.25) is 0 Å². The Hall–Kier alpha value is -0.220. The summed E-state index contributed by atoms with van der Waals surface area (Å²) in [5.74, 6) is -0.114. The van der Waals surface area contributed by atoms with Gasteiger partial charge in [-0.05, 0) is 31.6 Å². The molecule has 88 valence electrons. The molecule has 2 atom stereocenters. The molecule has 0 aromatic carbocycles. The predicted molar refractivity (Wildman–Crippen MR) is 64.2 cm³/mol. The van der Waals surface area contributed by atoms with E-state index in [4.69, 9.17) is 4.74 Å². The molecule has 2 unspecified atom stereocenters. The Balaban J connectivity index is 2.61. The summed E-state index contributed by atoms with van der Waals surface area (Å²) in [6.45, 7) is 4.39. The van der Waals surface area contributed by atoms with Crippen LogP contribution in [0.1, 0.15) is 33.1 Å². The molecule has 3 nitrogen and oxygen atoms in total. The fourth-order valence-electron chi connectivity index (χ4n) is 2.21. The van der Waals surface area contributed by atoms with Crippen LogP contribution >= 0.6 is 11.8 Å². The molecular weight excluding hydrogens is 210 g/mol. The lowest BCUT2D eigenvalue weighted by Crippen LogP contribution is -2.49. The molecule has 0 amide bonds. The van der Waals surface area contributed by atoms with Crippen LogP contribution < -0.4 is 5.32 Å². The molecule has 0 spiro atoms. The minimum atomic E-state index is -0.429. The van der Waals surface area contributed by atoms with Gasteiger partial charge in [0.05, 0.1) is 7.11 Å². The average Bonchev–Trinajstić information content (AvgIpc) is 2.60. The molecule has 1 aliphatic rings. The highest BCUT2D eigenvalue weighted by atomic mass is 32.2. The number of ether oxygens (including phenoxy) is 1. The number of methoxy groups -OCH3 is 1. The minimum absolute atomic E-state index is 0.114. The maximum Gasteiger partial charge on any atom is 0.326 e. The Morgan fingerprint density at radius 3 is 2.73 bits per heavy atom. The van der Waals surface area contributed by atoms with Gasteiger partial charge in [0, 0.05) is 5.25 Å². The summed E-state index contributed by atoms with van der Waals surface area (Å²) < 4.78 is 4.87. The van der Waals surface area contributed by atoms with Gasteiger partial charge < -0.3 is 10.1 Å². The van der Waals surface area contributed by atoms with Crippen molar-refractivity contribution in [3.8, 4) is 0 Å². The standard InChI is InChI=1S/C11H21NO2S/c1-8(2)15-9-5-6-11(7-9,12-3)10(13)14-4/h8-9,12H,5-7H2,1-4H3. The van der Waals surface area contributed by atoms with Crippen molar-refractivity contribution in [1.82, 2.24) is 5.32 Å². The Morgan fingerprint density at radius 2 is 2.27 bits per heavy atom. The molecule has 0 aromatic rings. The maximum atomic E-state index is 11.7. The Bertz CT molecular complexity index is 233. The van der Waals surface area contributed by atoms with E-state index in [2.05, 4.69) is 19.2 Å². The smallest absolute Gasteiger partial charge is 0.326 e. The third-order valence-electron chi connectivity index (χ3n) is 2.99. The molecule has 1 fully saturated rings.